The smallest absolute Gasteiger partial charge is 0.141 e. The molecule has 2 heterocycles. The summed E-state index contributed by atoms with van der Waals surface area (Å²) in [6.45, 7) is 1.83. The van der Waals surface area contributed by atoms with Crippen LogP contribution >= 0.6 is 11.6 Å². The summed E-state index contributed by atoms with van der Waals surface area (Å²) in [6.07, 6.45) is 1.83. The van der Waals surface area contributed by atoms with E-state index in [2.05, 4.69) is 4.98 Å². The molecule has 0 amide bonds. The van der Waals surface area contributed by atoms with Gasteiger partial charge in [-0.3, -0.25) is 4.40 Å². The molecular weight excluding hydrogens is 188 g/mol. The molecule has 2 aromatic rings. The number of aromatic nitrogens is 2. The summed E-state index contributed by atoms with van der Waals surface area (Å²) in [5.41, 5.74) is 2.37. The highest BCUT2D eigenvalue weighted by molar-refractivity contribution is 6.30. The minimum Gasteiger partial charge on any atom is -0.390 e. The largest absolute Gasteiger partial charge is 0.390 e. The van der Waals surface area contributed by atoms with E-state index in [1.54, 1.807) is 4.40 Å². The van der Waals surface area contributed by atoms with E-state index in [4.69, 9.17) is 16.7 Å². The van der Waals surface area contributed by atoms with Crippen molar-refractivity contribution in [3.63, 3.8) is 0 Å². The van der Waals surface area contributed by atoms with Crippen molar-refractivity contribution in [2.24, 2.45) is 0 Å². The second kappa shape index (κ2) is 3.01. The molecule has 0 unspecified atom stereocenters. The first kappa shape index (κ1) is 8.53. The molecule has 1 N–H and O–H groups in total. The number of halogens is 1. The second-order valence-corrected chi connectivity index (χ2v) is 3.25. The van der Waals surface area contributed by atoms with Gasteiger partial charge in [-0.2, -0.15) is 0 Å². The van der Waals surface area contributed by atoms with E-state index in [1.807, 2.05) is 25.3 Å². The topological polar surface area (TPSA) is 37.5 Å². The number of pyridine rings is 1. The second-order valence-electron chi connectivity index (χ2n) is 2.89. The summed E-state index contributed by atoms with van der Waals surface area (Å²) in [6, 6.07) is 3.86. The van der Waals surface area contributed by atoms with Crippen LogP contribution in [-0.4, -0.2) is 14.5 Å². The lowest BCUT2D eigenvalue weighted by atomic mass is 10.3. The first-order valence-electron chi connectivity index (χ1n) is 3.97. The van der Waals surface area contributed by atoms with Crippen molar-refractivity contribution >= 4 is 17.2 Å². The monoisotopic (exact) mass is 196 g/mol. The van der Waals surface area contributed by atoms with Crippen LogP contribution in [0.2, 0.25) is 5.15 Å². The van der Waals surface area contributed by atoms with Crippen LogP contribution in [-0.2, 0) is 6.61 Å². The lowest BCUT2D eigenvalue weighted by molar-refractivity contribution is 0.277. The summed E-state index contributed by atoms with van der Waals surface area (Å²) in [7, 11) is 0. The van der Waals surface area contributed by atoms with Gasteiger partial charge in [-0.05, 0) is 18.6 Å². The molecule has 0 atom stereocenters. The Bertz CT molecular complexity index is 450. The van der Waals surface area contributed by atoms with Gasteiger partial charge >= 0.3 is 0 Å². The molecule has 0 bridgehead atoms. The molecule has 13 heavy (non-hydrogen) atoms. The molecule has 0 spiro atoms. The molecule has 0 fully saturated rings. The van der Waals surface area contributed by atoms with Gasteiger partial charge in [0.05, 0.1) is 6.61 Å². The Morgan fingerprint density at radius 1 is 1.62 bits per heavy atom. The van der Waals surface area contributed by atoms with Crippen molar-refractivity contribution in [2.45, 2.75) is 13.5 Å². The van der Waals surface area contributed by atoms with E-state index in [0.29, 0.717) is 10.8 Å². The molecule has 2 rings (SSSR count). The van der Waals surface area contributed by atoms with Gasteiger partial charge in [0.2, 0.25) is 0 Å². The summed E-state index contributed by atoms with van der Waals surface area (Å²) in [5, 5.41) is 9.44. The fourth-order valence-electron chi connectivity index (χ4n) is 1.32. The maximum Gasteiger partial charge on any atom is 0.141 e. The quantitative estimate of drug-likeness (QED) is 0.755. The number of hydrogen-bond donors (Lipinski definition) is 1. The van der Waals surface area contributed by atoms with Crippen LogP contribution in [0.1, 0.15) is 11.3 Å². The fourth-order valence-corrected chi connectivity index (χ4v) is 1.56. The van der Waals surface area contributed by atoms with Gasteiger partial charge in [-0.1, -0.05) is 17.7 Å². The summed E-state index contributed by atoms with van der Waals surface area (Å²) in [4.78, 5) is 4.21. The van der Waals surface area contributed by atoms with Crippen molar-refractivity contribution < 1.29 is 5.11 Å². The Morgan fingerprint density at radius 2 is 2.38 bits per heavy atom. The van der Waals surface area contributed by atoms with Gasteiger partial charge in [-0.15, -0.1) is 0 Å². The average molecular weight is 197 g/mol. The Labute approximate surface area is 80.6 Å². The first-order valence-corrected chi connectivity index (χ1v) is 4.34. The average Bonchev–Trinajstić information content (AvgIpc) is 2.45. The predicted octanol–water partition coefficient (Wildman–Crippen LogP) is 1.79. The zero-order valence-electron chi connectivity index (χ0n) is 7.16. The number of rotatable bonds is 1. The molecule has 0 saturated carbocycles. The van der Waals surface area contributed by atoms with Gasteiger partial charge in [-0.25, -0.2) is 4.98 Å². The van der Waals surface area contributed by atoms with Gasteiger partial charge in [0.1, 0.15) is 16.5 Å². The lowest BCUT2D eigenvalue weighted by Gasteiger charge is -1.96. The molecular formula is C9H9ClN2O. The standard InChI is InChI=1S/C9H9ClN2O/c1-6-3-2-4-12-8(10)7(5-13)11-9(6)12/h2-4,13H,5H2,1H3. The van der Waals surface area contributed by atoms with Crippen LogP contribution in [0.15, 0.2) is 18.3 Å². The van der Waals surface area contributed by atoms with Gasteiger partial charge in [0.15, 0.2) is 0 Å². The van der Waals surface area contributed by atoms with Crippen LogP contribution in [0.5, 0.6) is 0 Å². The summed E-state index contributed by atoms with van der Waals surface area (Å²) >= 11 is 5.97. The van der Waals surface area contributed by atoms with Gasteiger partial charge < -0.3 is 5.11 Å². The summed E-state index contributed by atoms with van der Waals surface area (Å²) in [5.74, 6) is 0. The Morgan fingerprint density at radius 3 is 3.00 bits per heavy atom. The zero-order chi connectivity index (χ0) is 9.42. The van der Waals surface area contributed by atoms with Crippen molar-refractivity contribution in [3.05, 3.63) is 34.7 Å². The number of aryl methyl sites for hydroxylation is 1. The first-order chi connectivity index (χ1) is 6.24. The normalized spacial score (nSPS) is 11.0. The molecule has 0 aliphatic carbocycles. The molecule has 68 valence electrons. The van der Waals surface area contributed by atoms with Crippen molar-refractivity contribution in [1.29, 1.82) is 0 Å². The van der Waals surface area contributed by atoms with Crippen LogP contribution < -0.4 is 0 Å². The van der Waals surface area contributed by atoms with Crippen LogP contribution in [0, 0.1) is 6.92 Å². The van der Waals surface area contributed by atoms with E-state index >= 15 is 0 Å². The third-order valence-electron chi connectivity index (χ3n) is 2.00. The molecule has 0 saturated heterocycles. The molecule has 4 heteroatoms. The van der Waals surface area contributed by atoms with E-state index in [9.17, 15) is 0 Å². The van der Waals surface area contributed by atoms with Crippen LogP contribution in [0.3, 0.4) is 0 Å². The van der Waals surface area contributed by atoms with E-state index in [-0.39, 0.29) is 6.61 Å². The molecule has 3 nitrogen and oxygen atoms in total. The molecule has 2 aromatic heterocycles. The Kier molecular flexibility index (Phi) is 1.98. The SMILES string of the molecule is Cc1cccn2c(Cl)c(CO)nc12. The molecule has 0 aliphatic heterocycles. The number of imidazole rings is 1. The number of hydrogen-bond acceptors (Lipinski definition) is 2. The zero-order valence-corrected chi connectivity index (χ0v) is 7.91. The highest BCUT2D eigenvalue weighted by Crippen LogP contribution is 2.19. The van der Waals surface area contributed by atoms with E-state index < -0.39 is 0 Å². The maximum absolute atomic E-state index is 8.95. The van der Waals surface area contributed by atoms with E-state index in [1.165, 1.54) is 0 Å². The number of aliphatic hydroxyl groups excluding tert-OH is 1. The van der Waals surface area contributed by atoms with E-state index in [0.717, 1.165) is 11.2 Å². The molecule has 0 radical (unpaired) electrons. The maximum atomic E-state index is 8.95. The fraction of sp³-hybridized carbons (Fsp3) is 0.222. The Hall–Kier alpha value is -1.06. The minimum atomic E-state index is -0.125. The predicted molar refractivity (Wildman–Crippen MR) is 50.9 cm³/mol. The van der Waals surface area contributed by atoms with Crippen LogP contribution in [0.4, 0.5) is 0 Å². The third kappa shape index (κ3) is 1.20. The van der Waals surface area contributed by atoms with Gasteiger partial charge in [0.25, 0.3) is 0 Å². The lowest BCUT2D eigenvalue weighted by Crippen LogP contribution is -1.85. The third-order valence-corrected chi connectivity index (χ3v) is 2.40. The minimum absolute atomic E-state index is 0.125. The van der Waals surface area contributed by atoms with Crippen molar-refractivity contribution in [1.82, 2.24) is 9.38 Å². The highest BCUT2D eigenvalue weighted by atomic mass is 35.5. The van der Waals surface area contributed by atoms with Crippen molar-refractivity contribution in [3.8, 4) is 0 Å². The number of nitrogens with zero attached hydrogens (tertiary/aromatic N) is 2. The number of aliphatic hydroxyl groups is 1. The van der Waals surface area contributed by atoms with Gasteiger partial charge in [0, 0.05) is 6.20 Å². The Balaban J connectivity index is 2.83. The molecule has 0 aliphatic rings. The molecule has 0 aromatic carbocycles. The summed E-state index contributed by atoms with van der Waals surface area (Å²) < 4.78 is 1.77. The van der Waals surface area contributed by atoms with Crippen molar-refractivity contribution in [2.75, 3.05) is 0 Å². The highest BCUT2D eigenvalue weighted by Gasteiger charge is 2.09. The van der Waals surface area contributed by atoms with Crippen LogP contribution in [0.25, 0.3) is 5.65 Å². The number of fused-ring (bicyclic) bond motifs is 1.